The number of hydrogen-bond acceptors (Lipinski definition) is 8. The number of nitrogens with two attached hydrogens (primary N) is 2. The molecule has 0 spiro atoms. The van der Waals surface area contributed by atoms with Crippen LogP contribution in [-0.4, -0.2) is 71.2 Å². The third-order valence-corrected chi connectivity index (χ3v) is 7.13. The molecule has 0 aromatic carbocycles. The molecule has 0 radical (unpaired) electrons. The molecule has 0 saturated heterocycles. The lowest BCUT2D eigenvalue weighted by molar-refractivity contribution is -0.501. The van der Waals surface area contributed by atoms with E-state index in [2.05, 4.69) is 11.7 Å². The van der Waals surface area contributed by atoms with Gasteiger partial charge in [-0.3, -0.25) is 21.3 Å². The summed E-state index contributed by atoms with van der Waals surface area (Å²) in [5.41, 5.74) is 1.09. The molecule has 0 fully saturated rings. The molecule has 14 heteroatoms. The van der Waals surface area contributed by atoms with E-state index in [0.29, 0.717) is 42.7 Å². The first-order valence-corrected chi connectivity index (χ1v) is 12.7. The standard InChI is InChI=1S/2C12H9ClNO2S.2ClH.H4N2/c2*13-12-4-3-11(17-12)10(16)7-14-5-1-2-9(6-14)8-15;;;1-2/h2*1-5H,6-7H2;2*1H;1-2H2/q2*+1;;;/p-2. The third-order valence-electron chi connectivity index (χ3n) is 4.59. The van der Waals surface area contributed by atoms with Gasteiger partial charge in [0.25, 0.3) is 0 Å². The van der Waals surface area contributed by atoms with E-state index in [1.165, 1.54) is 22.7 Å². The van der Waals surface area contributed by atoms with Crippen molar-refractivity contribution in [1.29, 1.82) is 0 Å². The van der Waals surface area contributed by atoms with Crippen LogP contribution in [0.4, 0.5) is 0 Å². The van der Waals surface area contributed by atoms with Crippen LogP contribution in [0.1, 0.15) is 19.3 Å². The number of nitrogens with zero attached hydrogens (tertiary/aromatic N) is 2. The highest BCUT2D eigenvalue weighted by molar-refractivity contribution is 7.18. The maximum absolute atomic E-state index is 11.9. The SMILES string of the molecule is NN.O=C=C1C=CC=[N+](CC(=O)c2ccc(Cl)s2)C1.O=C=C1C=CC=[N+](CC(=O)c2ccc(Cl)s2)C1.[Cl-].[Cl-]. The number of hydrazine groups is 1. The van der Waals surface area contributed by atoms with Gasteiger partial charge in [0.15, 0.2) is 25.5 Å². The van der Waals surface area contributed by atoms with Crippen LogP contribution in [0, 0.1) is 0 Å². The van der Waals surface area contributed by atoms with Gasteiger partial charge in [0.05, 0.1) is 18.4 Å². The Morgan fingerprint density at radius 3 is 1.42 bits per heavy atom. The number of thiophene rings is 2. The fourth-order valence-corrected chi connectivity index (χ4v) is 4.96. The Hall–Kier alpha value is -2.46. The molecule has 4 heterocycles. The van der Waals surface area contributed by atoms with Gasteiger partial charge in [-0.1, -0.05) is 23.2 Å². The number of halogens is 4. The van der Waals surface area contributed by atoms with E-state index in [1.807, 2.05) is 11.9 Å². The number of hydrogen-bond donors (Lipinski definition) is 2. The lowest BCUT2D eigenvalue weighted by Crippen LogP contribution is -3.00. The van der Waals surface area contributed by atoms with Crippen molar-refractivity contribution in [3.8, 4) is 0 Å². The van der Waals surface area contributed by atoms with Gasteiger partial charge in [0, 0.05) is 12.2 Å². The fourth-order valence-electron chi connectivity index (χ4n) is 3.01. The molecule has 4 rings (SSSR count). The molecule has 2 aromatic rings. The number of ketones is 2. The quantitative estimate of drug-likeness (QED) is 0.113. The molecule has 2 aliphatic rings. The number of rotatable bonds is 6. The largest absolute Gasteiger partial charge is 1.00 e. The first-order chi connectivity index (χ1) is 17.4. The zero-order chi connectivity index (χ0) is 26.5. The van der Waals surface area contributed by atoms with E-state index in [1.54, 1.807) is 70.1 Å². The maximum Gasteiger partial charge on any atom is 0.236 e. The molecular formula is C24H22Cl4N4O4S2. The predicted molar refractivity (Wildman–Crippen MR) is 145 cm³/mol. The Morgan fingerprint density at radius 1 is 0.763 bits per heavy atom. The average molecular weight is 636 g/mol. The number of carbonyl (C=O) groups is 2. The summed E-state index contributed by atoms with van der Waals surface area (Å²) >= 11 is 14.1. The highest BCUT2D eigenvalue weighted by Crippen LogP contribution is 2.22. The molecule has 2 aromatic heterocycles. The normalized spacial score (nSPS) is 13.1. The molecule has 0 aliphatic carbocycles. The minimum Gasteiger partial charge on any atom is -1.00 e. The summed E-state index contributed by atoms with van der Waals surface area (Å²) in [6, 6.07) is 6.84. The van der Waals surface area contributed by atoms with E-state index < -0.39 is 0 Å². The molecule has 38 heavy (non-hydrogen) atoms. The summed E-state index contributed by atoms with van der Waals surface area (Å²) in [5.74, 6) is 11.7. The van der Waals surface area contributed by atoms with Gasteiger partial charge < -0.3 is 24.8 Å². The van der Waals surface area contributed by atoms with Crippen LogP contribution >= 0.6 is 45.9 Å². The minimum absolute atomic E-state index is 0. The van der Waals surface area contributed by atoms with Gasteiger partial charge in [-0.05, 0) is 36.4 Å². The van der Waals surface area contributed by atoms with E-state index in [9.17, 15) is 19.2 Å². The minimum atomic E-state index is -0.00120. The molecule has 8 nitrogen and oxygen atoms in total. The third kappa shape index (κ3) is 11.5. The molecule has 2 aliphatic heterocycles. The highest BCUT2D eigenvalue weighted by atomic mass is 35.5. The lowest BCUT2D eigenvalue weighted by atomic mass is 10.2. The Bertz CT molecular complexity index is 1250. The molecule has 0 unspecified atom stereocenters. The second-order valence-corrected chi connectivity index (χ2v) is 10.6. The summed E-state index contributed by atoms with van der Waals surface area (Å²) < 4.78 is 4.75. The number of Topliss-reactive ketones (excluding diaryl/α,β-unsaturated/α-hetero) is 2. The topological polar surface area (TPSA) is 126 Å². The lowest BCUT2D eigenvalue weighted by Gasteiger charge is -2.03. The van der Waals surface area contributed by atoms with Gasteiger partial charge in [-0.25, -0.2) is 18.7 Å². The van der Waals surface area contributed by atoms with E-state index in [-0.39, 0.29) is 49.5 Å². The van der Waals surface area contributed by atoms with Crippen LogP contribution in [0.2, 0.25) is 8.67 Å². The van der Waals surface area contributed by atoms with Gasteiger partial charge in [-0.2, -0.15) is 0 Å². The Balaban J connectivity index is 0.000000645. The zero-order valence-electron chi connectivity index (χ0n) is 19.6. The predicted octanol–water partition coefficient (Wildman–Crippen LogP) is -3.18. The Morgan fingerprint density at radius 2 is 1.13 bits per heavy atom. The summed E-state index contributed by atoms with van der Waals surface area (Å²) in [7, 11) is 0. The number of carbonyl (C=O) groups excluding carboxylic acids is 4. The van der Waals surface area contributed by atoms with Crippen molar-refractivity contribution in [3.05, 3.63) is 78.1 Å². The average Bonchev–Trinajstić information content (AvgIpc) is 3.54. The zero-order valence-corrected chi connectivity index (χ0v) is 24.3. The van der Waals surface area contributed by atoms with Crippen LogP contribution in [-0.2, 0) is 9.59 Å². The smallest absolute Gasteiger partial charge is 0.236 e. The van der Waals surface area contributed by atoms with Gasteiger partial charge in [0.1, 0.15) is 23.0 Å². The van der Waals surface area contributed by atoms with E-state index in [0.717, 1.165) is 0 Å². The maximum atomic E-state index is 11.9. The van der Waals surface area contributed by atoms with Crippen LogP contribution in [0.15, 0.2) is 59.7 Å². The van der Waals surface area contributed by atoms with E-state index in [4.69, 9.17) is 23.2 Å². The summed E-state index contributed by atoms with van der Waals surface area (Å²) in [5, 5.41) is 0. The summed E-state index contributed by atoms with van der Waals surface area (Å²) in [6.45, 7) is 1.33. The molecule has 0 atom stereocenters. The number of allylic oxidation sites excluding steroid dienone is 2. The van der Waals surface area contributed by atoms with Crippen molar-refractivity contribution >= 4 is 81.8 Å². The van der Waals surface area contributed by atoms with Crippen molar-refractivity contribution in [3.63, 3.8) is 0 Å². The molecule has 202 valence electrons. The van der Waals surface area contributed by atoms with Crippen LogP contribution in [0.5, 0.6) is 0 Å². The van der Waals surface area contributed by atoms with Crippen LogP contribution in [0.3, 0.4) is 0 Å². The summed E-state index contributed by atoms with van der Waals surface area (Å²) in [4.78, 5) is 46.0. The first-order valence-electron chi connectivity index (χ1n) is 10.3. The first kappa shape index (κ1) is 35.5. The van der Waals surface area contributed by atoms with Gasteiger partial charge in [-0.15, -0.1) is 22.7 Å². The van der Waals surface area contributed by atoms with Crippen molar-refractivity contribution in [2.24, 2.45) is 11.7 Å². The molecule has 0 saturated carbocycles. The van der Waals surface area contributed by atoms with Gasteiger partial charge in [0.2, 0.25) is 24.7 Å². The Kier molecular flexibility index (Phi) is 17.5. The van der Waals surface area contributed by atoms with E-state index >= 15 is 0 Å². The molecule has 0 bridgehead atoms. The Labute approximate surface area is 249 Å². The van der Waals surface area contributed by atoms with Crippen LogP contribution in [0.25, 0.3) is 0 Å². The van der Waals surface area contributed by atoms with Crippen molar-refractivity contribution in [1.82, 2.24) is 0 Å². The molecule has 4 N–H and O–H groups in total. The van der Waals surface area contributed by atoms with Crippen molar-refractivity contribution in [2.75, 3.05) is 26.2 Å². The second-order valence-electron chi connectivity index (χ2n) is 7.13. The van der Waals surface area contributed by atoms with Crippen molar-refractivity contribution in [2.45, 2.75) is 0 Å². The molecule has 0 amide bonds. The fraction of sp³-hybridized carbons (Fsp3) is 0.167. The highest BCUT2D eigenvalue weighted by Gasteiger charge is 2.19. The second kappa shape index (κ2) is 18.7. The van der Waals surface area contributed by atoms with Crippen LogP contribution < -0.4 is 36.5 Å². The van der Waals surface area contributed by atoms with Gasteiger partial charge >= 0.3 is 0 Å². The van der Waals surface area contributed by atoms with Crippen molar-refractivity contribution < 1.29 is 53.1 Å². The summed E-state index contributed by atoms with van der Waals surface area (Å²) in [6.07, 6.45) is 10.4. The monoisotopic (exact) mass is 634 g/mol. The molecular weight excluding hydrogens is 614 g/mol.